The maximum atomic E-state index is 5.90. The molecule has 2 nitrogen and oxygen atoms in total. The van der Waals surface area contributed by atoms with E-state index in [1.54, 1.807) is 0 Å². The molecule has 2 aromatic rings. The molecule has 3 rings (SSSR count). The third-order valence-electron chi connectivity index (χ3n) is 3.38. The second kappa shape index (κ2) is 4.96. The molecule has 0 saturated heterocycles. The lowest BCUT2D eigenvalue weighted by Gasteiger charge is -2.14. The minimum Gasteiger partial charge on any atom is -0.490 e. The molecular formula is C17H19NO. The van der Waals surface area contributed by atoms with Gasteiger partial charge in [-0.05, 0) is 49.6 Å². The smallest absolute Gasteiger partial charge is 0.127 e. The van der Waals surface area contributed by atoms with Crippen LogP contribution in [0, 0.1) is 0 Å². The first-order valence-corrected chi connectivity index (χ1v) is 6.87. The predicted octanol–water partition coefficient (Wildman–Crippen LogP) is 4.11. The molecule has 2 heteroatoms. The Morgan fingerprint density at radius 2 is 1.95 bits per heavy atom. The van der Waals surface area contributed by atoms with Crippen LogP contribution in [-0.4, -0.2) is 12.6 Å². The van der Waals surface area contributed by atoms with Crippen LogP contribution in [-0.2, 0) is 6.42 Å². The van der Waals surface area contributed by atoms with Crippen LogP contribution in [0.1, 0.15) is 19.4 Å². The Labute approximate surface area is 114 Å². The zero-order chi connectivity index (χ0) is 13.2. The molecule has 0 bridgehead atoms. The average Bonchev–Trinajstić information content (AvgIpc) is 2.86. The lowest BCUT2D eigenvalue weighted by molar-refractivity contribution is 0.243. The Kier molecular flexibility index (Phi) is 3.16. The average molecular weight is 253 g/mol. The van der Waals surface area contributed by atoms with Crippen LogP contribution >= 0.6 is 0 Å². The highest BCUT2D eigenvalue weighted by Crippen LogP contribution is 2.34. The van der Waals surface area contributed by atoms with Gasteiger partial charge in [0.15, 0.2) is 0 Å². The summed E-state index contributed by atoms with van der Waals surface area (Å²) in [5, 5.41) is 3.39. The van der Waals surface area contributed by atoms with Crippen molar-refractivity contribution in [1.29, 1.82) is 0 Å². The van der Waals surface area contributed by atoms with Crippen LogP contribution in [0.15, 0.2) is 42.5 Å². The number of fused-ring (bicyclic) bond motifs is 1. The van der Waals surface area contributed by atoms with E-state index in [-0.39, 0.29) is 6.10 Å². The van der Waals surface area contributed by atoms with Gasteiger partial charge in [-0.25, -0.2) is 0 Å². The Balaban J connectivity index is 2.02. The Bertz CT molecular complexity index is 590. The third kappa shape index (κ3) is 2.43. The van der Waals surface area contributed by atoms with Gasteiger partial charge in [0.1, 0.15) is 5.75 Å². The lowest BCUT2D eigenvalue weighted by atomic mass is 10.0. The van der Waals surface area contributed by atoms with Crippen molar-refractivity contribution in [2.45, 2.75) is 26.4 Å². The molecule has 0 spiro atoms. The molecule has 19 heavy (non-hydrogen) atoms. The fourth-order valence-corrected chi connectivity index (χ4v) is 2.53. The van der Waals surface area contributed by atoms with Gasteiger partial charge in [-0.2, -0.15) is 0 Å². The topological polar surface area (TPSA) is 21.3 Å². The van der Waals surface area contributed by atoms with E-state index in [1.165, 1.54) is 22.4 Å². The fraction of sp³-hybridized carbons (Fsp3) is 0.294. The zero-order valence-electron chi connectivity index (χ0n) is 11.4. The summed E-state index contributed by atoms with van der Waals surface area (Å²) in [7, 11) is 0. The SMILES string of the molecule is CC(C)Oc1ccccc1-c1ccc2c(c1)CCN2. The van der Waals surface area contributed by atoms with Gasteiger partial charge in [0.2, 0.25) is 0 Å². The van der Waals surface area contributed by atoms with Crippen molar-refractivity contribution < 1.29 is 4.74 Å². The summed E-state index contributed by atoms with van der Waals surface area (Å²) in [5.74, 6) is 0.961. The summed E-state index contributed by atoms with van der Waals surface area (Å²) in [5.41, 5.74) is 5.08. The van der Waals surface area contributed by atoms with Crippen molar-refractivity contribution in [2.75, 3.05) is 11.9 Å². The van der Waals surface area contributed by atoms with E-state index in [9.17, 15) is 0 Å². The van der Waals surface area contributed by atoms with E-state index >= 15 is 0 Å². The van der Waals surface area contributed by atoms with E-state index in [1.807, 2.05) is 12.1 Å². The molecule has 2 aromatic carbocycles. The molecule has 1 aliphatic rings. The van der Waals surface area contributed by atoms with E-state index < -0.39 is 0 Å². The quantitative estimate of drug-likeness (QED) is 0.888. The van der Waals surface area contributed by atoms with E-state index in [0.29, 0.717) is 0 Å². The molecule has 98 valence electrons. The van der Waals surface area contributed by atoms with Gasteiger partial charge in [0.05, 0.1) is 6.10 Å². The molecule has 0 amide bonds. The number of para-hydroxylation sites is 1. The summed E-state index contributed by atoms with van der Waals surface area (Å²) in [6.45, 7) is 5.16. The van der Waals surface area contributed by atoms with Gasteiger partial charge >= 0.3 is 0 Å². The van der Waals surface area contributed by atoms with Crippen LogP contribution in [0.25, 0.3) is 11.1 Å². The van der Waals surface area contributed by atoms with Gasteiger partial charge in [-0.3, -0.25) is 0 Å². The van der Waals surface area contributed by atoms with Crippen molar-refractivity contribution in [3.05, 3.63) is 48.0 Å². The largest absolute Gasteiger partial charge is 0.490 e. The van der Waals surface area contributed by atoms with E-state index in [0.717, 1.165) is 18.7 Å². The van der Waals surface area contributed by atoms with Gasteiger partial charge in [-0.15, -0.1) is 0 Å². The van der Waals surface area contributed by atoms with Crippen molar-refractivity contribution in [3.8, 4) is 16.9 Å². The van der Waals surface area contributed by atoms with Crippen LogP contribution in [0.2, 0.25) is 0 Å². The predicted molar refractivity (Wildman–Crippen MR) is 79.8 cm³/mol. The molecule has 0 unspecified atom stereocenters. The number of ether oxygens (including phenoxy) is 1. The van der Waals surface area contributed by atoms with Crippen LogP contribution in [0.4, 0.5) is 5.69 Å². The molecule has 0 radical (unpaired) electrons. The normalized spacial score (nSPS) is 13.2. The Morgan fingerprint density at radius 3 is 2.79 bits per heavy atom. The molecule has 0 aliphatic carbocycles. The van der Waals surface area contributed by atoms with Crippen molar-refractivity contribution >= 4 is 5.69 Å². The molecule has 1 heterocycles. The summed E-state index contributed by atoms with van der Waals surface area (Å²) in [6, 6.07) is 14.9. The molecule has 0 saturated carbocycles. The van der Waals surface area contributed by atoms with Gasteiger partial charge in [0, 0.05) is 17.8 Å². The summed E-state index contributed by atoms with van der Waals surface area (Å²) in [4.78, 5) is 0. The van der Waals surface area contributed by atoms with Crippen LogP contribution in [0.5, 0.6) is 5.75 Å². The first kappa shape index (κ1) is 12.1. The first-order valence-electron chi connectivity index (χ1n) is 6.87. The standard InChI is InChI=1S/C17H19NO/c1-12(2)19-17-6-4-3-5-15(17)13-7-8-16-14(11-13)9-10-18-16/h3-8,11-12,18H,9-10H2,1-2H3. The lowest BCUT2D eigenvalue weighted by Crippen LogP contribution is -2.06. The second-order valence-electron chi connectivity index (χ2n) is 5.21. The van der Waals surface area contributed by atoms with Gasteiger partial charge in [0.25, 0.3) is 0 Å². The van der Waals surface area contributed by atoms with Gasteiger partial charge in [-0.1, -0.05) is 24.3 Å². The van der Waals surface area contributed by atoms with Crippen molar-refractivity contribution in [2.24, 2.45) is 0 Å². The highest BCUT2D eigenvalue weighted by Gasteiger charge is 2.13. The zero-order valence-corrected chi connectivity index (χ0v) is 11.4. The number of hydrogen-bond donors (Lipinski definition) is 1. The first-order chi connectivity index (χ1) is 9.24. The van der Waals surface area contributed by atoms with Crippen LogP contribution in [0.3, 0.4) is 0 Å². The fourth-order valence-electron chi connectivity index (χ4n) is 2.53. The number of benzene rings is 2. The van der Waals surface area contributed by atoms with Crippen LogP contribution < -0.4 is 10.1 Å². The molecule has 0 atom stereocenters. The van der Waals surface area contributed by atoms with Crippen molar-refractivity contribution in [3.63, 3.8) is 0 Å². The van der Waals surface area contributed by atoms with E-state index in [4.69, 9.17) is 4.74 Å². The minimum atomic E-state index is 0.192. The van der Waals surface area contributed by atoms with Gasteiger partial charge < -0.3 is 10.1 Å². The molecular weight excluding hydrogens is 234 g/mol. The number of rotatable bonds is 3. The Morgan fingerprint density at radius 1 is 1.11 bits per heavy atom. The highest BCUT2D eigenvalue weighted by atomic mass is 16.5. The molecule has 1 N–H and O–H groups in total. The maximum absolute atomic E-state index is 5.90. The second-order valence-corrected chi connectivity index (χ2v) is 5.21. The number of hydrogen-bond acceptors (Lipinski definition) is 2. The Hall–Kier alpha value is -1.96. The van der Waals surface area contributed by atoms with E-state index in [2.05, 4.69) is 49.5 Å². The minimum absolute atomic E-state index is 0.192. The summed E-state index contributed by atoms with van der Waals surface area (Å²) >= 11 is 0. The molecule has 0 fully saturated rings. The molecule has 1 aliphatic heterocycles. The number of nitrogens with one attached hydrogen (secondary N) is 1. The highest BCUT2D eigenvalue weighted by molar-refractivity contribution is 5.74. The van der Waals surface area contributed by atoms with Crippen molar-refractivity contribution in [1.82, 2.24) is 0 Å². The molecule has 0 aromatic heterocycles. The number of anilines is 1. The maximum Gasteiger partial charge on any atom is 0.127 e. The summed E-state index contributed by atoms with van der Waals surface area (Å²) in [6.07, 6.45) is 1.30. The monoisotopic (exact) mass is 253 g/mol. The summed E-state index contributed by atoms with van der Waals surface area (Å²) < 4.78 is 5.90. The third-order valence-corrected chi connectivity index (χ3v) is 3.38.